The van der Waals surface area contributed by atoms with Crippen LogP contribution in [0.3, 0.4) is 0 Å². The molecule has 2 rings (SSSR count). The molecule has 1 amide bonds. The van der Waals surface area contributed by atoms with Crippen molar-refractivity contribution in [3.8, 4) is 5.75 Å². The predicted octanol–water partition coefficient (Wildman–Crippen LogP) is 1.40. The molecule has 0 aromatic heterocycles. The molecule has 1 heterocycles. The molecule has 0 spiro atoms. The number of hydrogen-bond donors (Lipinski definition) is 1. The molecule has 6 heteroatoms. The summed E-state index contributed by atoms with van der Waals surface area (Å²) in [6.07, 6.45) is -0.122. The number of para-hydroxylation sites is 1. The van der Waals surface area contributed by atoms with E-state index in [1.165, 1.54) is 0 Å². The summed E-state index contributed by atoms with van der Waals surface area (Å²) in [6.45, 7) is 3.36. The molecule has 1 unspecified atom stereocenters. The number of carboxylic acid groups (broad SMARTS) is 1. The number of carboxylic acids is 1. The van der Waals surface area contributed by atoms with Gasteiger partial charge in [-0.15, -0.1) is 0 Å². The predicted molar refractivity (Wildman–Crippen MR) is 75.5 cm³/mol. The van der Waals surface area contributed by atoms with Crippen molar-refractivity contribution in [3.63, 3.8) is 0 Å². The van der Waals surface area contributed by atoms with E-state index in [2.05, 4.69) is 0 Å². The minimum atomic E-state index is -0.943. The maximum atomic E-state index is 12.7. The molecule has 1 aromatic carbocycles. The number of morpholine rings is 1. The third-order valence-electron chi connectivity index (χ3n) is 3.32. The summed E-state index contributed by atoms with van der Waals surface area (Å²) in [5.74, 6) is -0.638. The maximum absolute atomic E-state index is 12.7. The summed E-state index contributed by atoms with van der Waals surface area (Å²) >= 11 is 0. The summed E-state index contributed by atoms with van der Waals surface area (Å²) in [7, 11) is 0. The van der Waals surface area contributed by atoms with Crippen molar-refractivity contribution < 1.29 is 24.2 Å². The first-order valence-corrected chi connectivity index (χ1v) is 6.95. The van der Waals surface area contributed by atoms with Gasteiger partial charge >= 0.3 is 5.97 Å². The minimum absolute atomic E-state index is 0.122. The molecule has 1 atom stereocenters. The number of amides is 1. The number of benzene rings is 1. The molecular weight excluding hydrogens is 274 g/mol. The van der Waals surface area contributed by atoms with Crippen LogP contribution in [0.25, 0.3) is 0 Å². The Hall–Kier alpha value is -2.08. The van der Waals surface area contributed by atoms with Gasteiger partial charge in [0, 0.05) is 6.54 Å². The number of carbonyl (C=O) groups is 2. The average molecular weight is 293 g/mol. The van der Waals surface area contributed by atoms with E-state index in [4.69, 9.17) is 14.6 Å². The lowest BCUT2D eigenvalue weighted by molar-refractivity contribution is -0.139. The molecule has 1 fully saturated rings. The topological polar surface area (TPSA) is 76.1 Å². The van der Waals surface area contributed by atoms with Gasteiger partial charge in [-0.05, 0) is 19.1 Å². The number of hydrogen-bond acceptors (Lipinski definition) is 4. The van der Waals surface area contributed by atoms with Crippen LogP contribution in [-0.2, 0) is 9.53 Å². The van der Waals surface area contributed by atoms with Gasteiger partial charge in [-0.3, -0.25) is 9.59 Å². The van der Waals surface area contributed by atoms with Crippen molar-refractivity contribution in [1.29, 1.82) is 0 Å². The quantitative estimate of drug-likeness (QED) is 0.888. The van der Waals surface area contributed by atoms with E-state index in [1.54, 1.807) is 29.2 Å². The lowest BCUT2D eigenvalue weighted by atomic mass is 10.1. The lowest BCUT2D eigenvalue weighted by Gasteiger charge is -2.35. The fourth-order valence-corrected chi connectivity index (χ4v) is 2.37. The Bertz CT molecular complexity index is 517. The third-order valence-corrected chi connectivity index (χ3v) is 3.32. The van der Waals surface area contributed by atoms with E-state index < -0.39 is 12.0 Å². The zero-order valence-corrected chi connectivity index (χ0v) is 11.9. The van der Waals surface area contributed by atoms with Gasteiger partial charge in [-0.2, -0.15) is 0 Å². The molecule has 21 heavy (non-hydrogen) atoms. The highest BCUT2D eigenvalue weighted by Gasteiger charge is 2.31. The van der Waals surface area contributed by atoms with Gasteiger partial charge in [0.1, 0.15) is 5.75 Å². The Labute approximate surface area is 123 Å². The molecule has 0 saturated carbocycles. The SMILES string of the molecule is CCOc1ccccc1C(=O)N1CCOCC1CC(=O)O. The van der Waals surface area contributed by atoms with E-state index in [1.807, 2.05) is 6.92 Å². The first kappa shape index (κ1) is 15.3. The second-order valence-electron chi connectivity index (χ2n) is 4.75. The van der Waals surface area contributed by atoms with Crippen molar-refractivity contribution in [2.45, 2.75) is 19.4 Å². The van der Waals surface area contributed by atoms with Crippen LogP contribution in [0.4, 0.5) is 0 Å². The molecule has 1 aromatic rings. The van der Waals surface area contributed by atoms with Gasteiger partial charge in [0.2, 0.25) is 0 Å². The van der Waals surface area contributed by atoms with Gasteiger partial charge < -0.3 is 19.5 Å². The van der Waals surface area contributed by atoms with E-state index in [0.717, 1.165) is 0 Å². The maximum Gasteiger partial charge on any atom is 0.305 e. The Morgan fingerprint density at radius 3 is 2.90 bits per heavy atom. The summed E-state index contributed by atoms with van der Waals surface area (Å²) in [4.78, 5) is 25.2. The lowest BCUT2D eigenvalue weighted by Crippen LogP contribution is -2.49. The van der Waals surface area contributed by atoms with Crippen molar-refractivity contribution >= 4 is 11.9 Å². The van der Waals surface area contributed by atoms with E-state index >= 15 is 0 Å². The Balaban J connectivity index is 2.22. The number of nitrogens with zero attached hydrogens (tertiary/aromatic N) is 1. The van der Waals surface area contributed by atoms with Crippen LogP contribution in [0, 0.1) is 0 Å². The summed E-state index contributed by atoms with van der Waals surface area (Å²) in [5, 5.41) is 8.96. The van der Waals surface area contributed by atoms with Crippen LogP contribution >= 0.6 is 0 Å². The molecular formula is C15H19NO5. The van der Waals surface area contributed by atoms with Gasteiger partial charge in [0.25, 0.3) is 5.91 Å². The minimum Gasteiger partial charge on any atom is -0.493 e. The molecule has 0 radical (unpaired) electrons. The van der Waals surface area contributed by atoms with Gasteiger partial charge in [0.15, 0.2) is 0 Å². The molecule has 0 bridgehead atoms. The summed E-state index contributed by atoms with van der Waals surface area (Å²) in [5.41, 5.74) is 0.455. The Morgan fingerprint density at radius 2 is 2.19 bits per heavy atom. The van der Waals surface area contributed by atoms with E-state index in [-0.39, 0.29) is 18.9 Å². The third kappa shape index (κ3) is 3.72. The van der Waals surface area contributed by atoms with Crippen molar-refractivity contribution in [2.24, 2.45) is 0 Å². The highest BCUT2D eigenvalue weighted by atomic mass is 16.5. The highest BCUT2D eigenvalue weighted by molar-refractivity contribution is 5.97. The average Bonchev–Trinajstić information content (AvgIpc) is 2.47. The molecule has 1 N–H and O–H groups in total. The Morgan fingerprint density at radius 1 is 1.43 bits per heavy atom. The smallest absolute Gasteiger partial charge is 0.305 e. The van der Waals surface area contributed by atoms with Crippen LogP contribution in [0.1, 0.15) is 23.7 Å². The van der Waals surface area contributed by atoms with Crippen LogP contribution in [0.2, 0.25) is 0 Å². The number of ether oxygens (including phenoxy) is 2. The van der Waals surface area contributed by atoms with Gasteiger partial charge in [-0.25, -0.2) is 0 Å². The van der Waals surface area contributed by atoms with Gasteiger partial charge in [0.05, 0.1) is 37.8 Å². The molecule has 1 aliphatic heterocycles. The van der Waals surface area contributed by atoms with Crippen molar-refractivity contribution in [1.82, 2.24) is 4.90 Å². The zero-order chi connectivity index (χ0) is 15.2. The molecule has 1 saturated heterocycles. The largest absolute Gasteiger partial charge is 0.493 e. The molecule has 114 valence electrons. The second-order valence-corrected chi connectivity index (χ2v) is 4.75. The fourth-order valence-electron chi connectivity index (χ4n) is 2.37. The van der Waals surface area contributed by atoms with E-state index in [9.17, 15) is 9.59 Å². The fraction of sp³-hybridized carbons (Fsp3) is 0.467. The molecule has 1 aliphatic rings. The number of carbonyl (C=O) groups excluding carboxylic acids is 1. The van der Waals surface area contributed by atoms with Crippen LogP contribution < -0.4 is 4.74 Å². The zero-order valence-electron chi connectivity index (χ0n) is 11.9. The van der Waals surface area contributed by atoms with Crippen LogP contribution in [0.15, 0.2) is 24.3 Å². The monoisotopic (exact) mass is 293 g/mol. The summed E-state index contributed by atoms with van der Waals surface area (Å²) < 4.78 is 10.8. The van der Waals surface area contributed by atoms with Crippen LogP contribution in [0.5, 0.6) is 5.75 Å². The van der Waals surface area contributed by atoms with E-state index in [0.29, 0.717) is 31.1 Å². The second kappa shape index (κ2) is 7.08. The van der Waals surface area contributed by atoms with Gasteiger partial charge in [-0.1, -0.05) is 12.1 Å². The first-order chi connectivity index (χ1) is 10.1. The first-order valence-electron chi connectivity index (χ1n) is 6.95. The van der Waals surface area contributed by atoms with Crippen LogP contribution in [-0.4, -0.2) is 54.3 Å². The summed E-state index contributed by atoms with van der Waals surface area (Å²) in [6, 6.07) is 6.56. The molecule has 0 aliphatic carbocycles. The standard InChI is InChI=1S/C15H19NO5/c1-2-21-13-6-4-3-5-12(13)15(19)16-7-8-20-10-11(16)9-14(17)18/h3-6,11H,2,7-10H2,1H3,(H,17,18). The normalized spacial score (nSPS) is 18.3. The highest BCUT2D eigenvalue weighted by Crippen LogP contribution is 2.22. The number of rotatable bonds is 5. The van der Waals surface area contributed by atoms with Crippen molar-refractivity contribution in [2.75, 3.05) is 26.4 Å². The Kier molecular flexibility index (Phi) is 5.16. The number of aliphatic carboxylic acids is 1. The van der Waals surface area contributed by atoms with Crippen molar-refractivity contribution in [3.05, 3.63) is 29.8 Å². The molecule has 6 nitrogen and oxygen atoms in total.